The van der Waals surface area contributed by atoms with E-state index in [9.17, 15) is 4.79 Å². The molecule has 0 bridgehead atoms. The maximum absolute atomic E-state index is 11.0. The van der Waals surface area contributed by atoms with Crippen LogP contribution in [0.15, 0.2) is 30.3 Å². The van der Waals surface area contributed by atoms with Crippen molar-refractivity contribution < 1.29 is 14.6 Å². The van der Waals surface area contributed by atoms with Gasteiger partial charge in [-0.2, -0.15) is 0 Å². The first kappa shape index (κ1) is 20.7. The molecule has 3 heteroatoms. The third-order valence-corrected chi connectivity index (χ3v) is 4.53. The van der Waals surface area contributed by atoms with E-state index in [-0.39, 0.29) is 0 Å². The predicted molar refractivity (Wildman–Crippen MR) is 99.1 cm³/mol. The molecule has 3 nitrogen and oxygen atoms in total. The molecule has 1 aromatic carbocycles. The average molecular weight is 334 g/mol. The van der Waals surface area contributed by atoms with Crippen LogP contribution < -0.4 is 0 Å². The standard InChI is InChI=1S/C21H34O3/c1-21(2,20(22)23)16-12-7-5-3-4-6-8-13-17-24-18-19-14-10-9-11-15-19/h9-11,14-15H,3-8,12-13,16-18H2,1-2H3,(H,22,23). The normalized spacial score (nSPS) is 11.6. The van der Waals surface area contributed by atoms with Crippen LogP contribution in [0.5, 0.6) is 0 Å². The second-order valence-electron chi connectivity index (χ2n) is 7.31. The summed E-state index contributed by atoms with van der Waals surface area (Å²) in [6.45, 7) is 5.19. The number of carboxylic acids is 1. The Kier molecular flexibility index (Phi) is 10.4. The molecule has 0 amide bonds. The van der Waals surface area contributed by atoms with Crippen LogP contribution >= 0.6 is 0 Å². The van der Waals surface area contributed by atoms with Crippen molar-refractivity contribution in [1.29, 1.82) is 0 Å². The number of carbonyl (C=O) groups is 1. The molecule has 1 N–H and O–H groups in total. The Morgan fingerprint density at radius 1 is 0.917 bits per heavy atom. The van der Waals surface area contributed by atoms with Crippen LogP contribution in [0, 0.1) is 5.41 Å². The van der Waals surface area contributed by atoms with E-state index in [0.717, 1.165) is 32.3 Å². The first-order chi connectivity index (χ1) is 11.5. The van der Waals surface area contributed by atoms with Gasteiger partial charge in [-0.15, -0.1) is 0 Å². The average Bonchev–Trinajstić information content (AvgIpc) is 2.56. The molecular formula is C21H34O3. The van der Waals surface area contributed by atoms with Crippen LogP contribution in [0.2, 0.25) is 0 Å². The minimum Gasteiger partial charge on any atom is -0.481 e. The van der Waals surface area contributed by atoms with E-state index < -0.39 is 11.4 Å². The Morgan fingerprint density at radius 3 is 2.04 bits per heavy atom. The van der Waals surface area contributed by atoms with E-state index in [1.165, 1.54) is 37.7 Å². The van der Waals surface area contributed by atoms with Gasteiger partial charge >= 0.3 is 5.97 Å². The van der Waals surface area contributed by atoms with Crippen molar-refractivity contribution in [2.45, 2.75) is 78.2 Å². The summed E-state index contributed by atoms with van der Waals surface area (Å²) in [6, 6.07) is 10.3. The minimum absolute atomic E-state index is 0.570. The molecule has 0 unspecified atom stereocenters. The van der Waals surface area contributed by atoms with Gasteiger partial charge in [-0.25, -0.2) is 0 Å². The smallest absolute Gasteiger partial charge is 0.309 e. The largest absolute Gasteiger partial charge is 0.481 e. The molecule has 0 radical (unpaired) electrons. The van der Waals surface area contributed by atoms with Crippen molar-refractivity contribution in [3.05, 3.63) is 35.9 Å². The Balaban J connectivity index is 1.83. The third kappa shape index (κ3) is 9.71. The number of rotatable bonds is 14. The quantitative estimate of drug-likeness (QED) is 0.436. The molecule has 1 aromatic rings. The highest BCUT2D eigenvalue weighted by Crippen LogP contribution is 2.24. The van der Waals surface area contributed by atoms with Gasteiger partial charge in [-0.05, 0) is 32.3 Å². The topological polar surface area (TPSA) is 46.5 Å². The summed E-state index contributed by atoms with van der Waals surface area (Å²) in [5.74, 6) is -0.683. The highest BCUT2D eigenvalue weighted by molar-refractivity contribution is 5.73. The number of hydrogen-bond donors (Lipinski definition) is 1. The highest BCUT2D eigenvalue weighted by Gasteiger charge is 2.25. The highest BCUT2D eigenvalue weighted by atomic mass is 16.5. The van der Waals surface area contributed by atoms with Gasteiger partial charge in [-0.1, -0.05) is 75.3 Å². The molecule has 0 aromatic heterocycles. The zero-order chi connectivity index (χ0) is 17.7. The van der Waals surface area contributed by atoms with Gasteiger partial charge in [0.05, 0.1) is 12.0 Å². The van der Waals surface area contributed by atoms with Crippen molar-refractivity contribution in [2.24, 2.45) is 5.41 Å². The van der Waals surface area contributed by atoms with Crippen molar-refractivity contribution in [2.75, 3.05) is 6.61 Å². The van der Waals surface area contributed by atoms with Crippen molar-refractivity contribution in [3.8, 4) is 0 Å². The van der Waals surface area contributed by atoms with E-state index >= 15 is 0 Å². The van der Waals surface area contributed by atoms with Crippen LogP contribution in [-0.4, -0.2) is 17.7 Å². The van der Waals surface area contributed by atoms with Crippen molar-refractivity contribution in [1.82, 2.24) is 0 Å². The number of unbranched alkanes of at least 4 members (excludes halogenated alkanes) is 7. The van der Waals surface area contributed by atoms with Gasteiger partial charge in [0.1, 0.15) is 0 Å². The fourth-order valence-corrected chi connectivity index (χ4v) is 2.70. The van der Waals surface area contributed by atoms with E-state index in [1.807, 2.05) is 32.0 Å². The molecule has 24 heavy (non-hydrogen) atoms. The monoisotopic (exact) mass is 334 g/mol. The minimum atomic E-state index is -0.683. The second-order valence-corrected chi connectivity index (χ2v) is 7.31. The van der Waals surface area contributed by atoms with Crippen LogP contribution in [0.25, 0.3) is 0 Å². The van der Waals surface area contributed by atoms with Crippen LogP contribution in [0.1, 0.15) is 77.2 Å². The van der Waals surface area contributed by atoms with Crippen LogP contribution in [0.3, 0.4) is 0 Å². The molecule has 0 fully saturated rings. The molecule has 0 saturated carbocycles. The summed E-state index contributed by atoms with van der Waals surface area (Å²) in [6.07, 6.45) is 10.4. The van der Waals surface area contributed by atoms with Gasteiger partial charge in [0.15, 0.2) is 0 Å². The maximum atomic E-state index is 11.0. The summed E-state index contributed by atoms with van der Waals surface area (Å²) >= 11 is 0. The molecule has 0 spiro atoms. The maximum Gasteiger partial charge on any atom is 0.309 e. The number of hydrogen-bond acceptors (Lipinski definition) is 2. The molecule has 0 aliphatic carbocycles. The van der Waals surface area contributed by atoms with Gasteiger partial charge < -0.3 is 9.84 Å². The molecule has 0 aliphatic heterocycles. The number of carboxylic acid groups (broad SMARTS) is 1. The van der Waals surface area contributed by atoms with Crippen LogP contribution in [-0.2, 0) is 16.1 Å². The summed E-state index contributed by atoms with van der Waals surface area (Å²) in [5, 5.41) is 9.06. The van der Waals surface area contributed by atoms with Gasteiger partial charge in [0.2, 0.25) is 0 Å². The molecule has 0 aliphatic rings. The number of ether oxygens (including phenoxy) is 1. The fourth-order valence-electron chi connectivity index (χ4n) is 2.70. The Bertz CT molecular complexity index is 440. The Morgan fingerprint density at radius 2 is 1.46 bits per heavy atom. The van der Waals surface area contributed by atoms with Gasteiger partial charge in [-0.3, -0.25) is 4.79 Å². The molecular weight excluding hydrogens is 300 g/mol. The lowest BCUT2D eigenvalue weighted by molar-refractivity contribution is -0.147. The first-order valence-corrected chi connectivity index (χ1v) is 9.37. The first-order valence-electron chi connectivity index (χ1n) is 9.37. The zero-order valence-electron chi connectivity index (χ0n) is 15.4. The van der Waals surface area contributed by atoms with Crippen LogP contribution in [0.4, 0.5) is 0 Å². The van der Waals surface area contributed by atoms with Gasteiger partial charge in [0, 0.05) is 6.61 Å². The van der Waals surface area contributed by atoms with E-state index in [1.54, 1.807) is 0 Å². The fraction of sp³-hybridized carbons (Fsp3) is 0.667. The zero-order valence-corrected chi connectivity index (χ0v) is 15.4. The van der Waals surface area contributed by atoms with Crippen molar-refractivity contribution in [3.63, 3.8) is 0 Å². The summed E-state index contributed by atoms with van der Waals surface area (Å²) in [7, 11) is 0. The van der Waals surface area contributed by atoms with Gasteiger partial charge in [0.25, 0.3) is 0 Å². The number of benzene rings is 1. The van der Waals surface area contributed by atoms with E-state index in [4.69, 9.17) is 9.84 Å². The molecule has 136 valence electrons. The number of aliphatic carboxylic acids is 1. The summed E-state index contributed by atoms with van der Waals surface area (Å²) in [4.78, 5) is 11.0. The molecule has 1 rings (SSSR count). The lowest BCUT2D eigenvalue weighted by Crippen LogP contribution is -2.23. The lowest BCUT2D eigenvalue weighted by atomic mass is 9.87. The molecule has 0 heterocycles. The lowest BCUT2D eigenvalue weighted by Gasteiger charge is -2.18. The second kappa shape index (κ2) is 12.1. The summed E-state index contributed by atoms with van der Waals surface area (Å²) in [5.41, 5.74) is 0.670. The van der Waals surface area contributed by atoms with Crippen molar-refractivity contribution >= 4 is 5.97 Å². The summed E-state index contributed by atoms with van der Waals surface area (Å²) < 4.78 is 5.68. The Hall–Kier alpha value is -1.35. The Labute approximate surface area is 147 Å². The SMILES string of the molecule is CC(C)(CCCCCCCCCCOCc1ccccc1)C(=O)O. The predicted octanol–water partition coefficient (Wildman–Crippen LogP) is 5.82. The molecule has 0 atom stereocenters. The molecule has 0 saturated heterocycles. The van der Waals surface area contributed by atoms with E-state index in [0.29, 0.717) is 6.61 Å². The van der Waals surface area contributed by atoms with E-state index in [2.05, 4.69) is 12.1 Å². The third-order valence-electron chi connectivity index (χ3n) is 4.53.